The van der Waals surface area contributed by atoms with Gasteiger partial charge in [0, 0.05) is 24.4 Å². The van der Waals surface area contributed by atoms with Gasteiger partial charge in [-0.2, -0.15) is 0 Å². The highest BCUT2D eigenvalue weighted by atomic mass is 16.2. The van der Waals surface area contributed by atoms with Crippen LogP contribution in [0.1, 0.15) is 25.7 Å². The number of rotatable bonds is 2. The van der Waals surface area contributed by atoms with Crippen molar-refractivity contribution in [3.63, 3.8) is 0 Å². The van der Waals surface area contributed by atoms with E-state index in [0.29, 0.717) is 5.95 Å². The molecule has 0 saturated heterocycles. The number of hydrogen-bond acceptors (Lipinski definition) is 4. The van der Waals surface area contributed by atoms with Crippen molar-refractivity contribution in [2.45, 2.75) is 31.7 Å². The van der Waals surface area contributed by atoms with Crippen molar-refractivity contribution in [2.24, 2.45) is 11.7 Å². The van der Waals surface area contributed by atoms with Crippen LogP contribution in [0.5, 0.6) is 0 Å². The highest BCUT2D eigenvalue weighted by Crippen LogP contribution is 2.23. The molecule has 5 heteroatoms. The van der Waals surface area contributed by atoms with Gasteiger partial charge in [-0.05, 0) is 31.7 Å². The Bertz CT molecular complexity index is 346. The minimum Gasteiger partial charge on any atom is -0.328 e. The van der Waals surface area contributed by atoms with Crippen molar-refractivity contribution in [2.75, 3.05) is 5.32 Å². The van der Waals surface area contributed by atoms with Gasteiger partial charge in [-0.25, -0.2) is 9.97 Å². The fourth-order valence-electron chi connectivity index (χ4n) is 1.96. The Balaban J connectivity index is 1.89. The van der Waals surface area contributed by atoms with E-state index in [0.717, 1.165) is 25.7 Å². The van der Waals surface area contributed by atoms with E-state index >= 15 is 0 Å². The first-order valence-corrected chi connectivity index (χ1v) is 5.59. The van der Waals surface area contributed by atoms with Crippen LogP contribution in [-0.2, 0) is 4.79 Å². The second-order valence-corrected chi connectivity index (χ2v) is 4.17. The molecule has 1 aromatic heterocycles. The lowest BCUT2D eigenvalue weighted by molar-refractivity contribution is -0.120. The Hall–Kier alpha value is -1.49. The van der Waals surface area contributed by atoms with Gasteiger partial charge in [-0.1, -0.05) is 0 Å². The van der Waals surface area contributed by atoms with Crippen molar-refractivity contribution < 1.29 is 4.79 Å². The molecular weight excluding hydrogens is 204 g/mol. The molecule has 0 atom stereocenters. The summed E-state index contributed by atoms with van der Waals surface area (Å²) in [6.45, 7) is 0. The molecule has 3 N–H and O–H groups in total. The second kappa shape index (κ2) is 5.03. The molecular formula is C11H16N4O. The van der Waals surface area contributed by atoms with Crippen LogP contribution in [0.15, 0.2) is 18.5 Å². The number of hydrogen-bond donors (Lipinski definition) is 2. The summed E-state index contributed by atoms with van der Waals surface area (Å²) < 4.78 is 0. The molecule has 0 aliphatic heterocycles. The molecule has 0 unspecified atom stereocenters. The first-order valence-electron chi connectivity index (χ1n) is 5.59. The normalized spacial score (nSPS) is 25.1. The third kappa shape index (κ3) is 2.76. The standard InChI is InChI=1S/C11H16N4O/c12-9-4-2-8(3-5-9)10(16)15-11-13-6-1-7-14-11/h1,6-9H,2-5,12H2,(H,13,14,15,16)/t8-,9-. The number of nitrogens with two attached hydrogens (primary N) is 1. The van der Waals surface area contributed by atoms with Gasteiger partial charge in [0.1, 0.15) is 0 Å². The molecule has 1 fully saturated rings. The molecule has 0 bridgehead atoms. The molecule has 2 rings (SSSR count). The summed E-state index contributed by atoms with van der Waals surface area (Å²) >= 11 is 0. The van der Waals surface area contributed by atoms with Crippen LogP contribution in [0.3, 0.4) is 0 Å². The lowest BCUT2D eigenvalue weighted by Gasteiger charge is -2.24. The van der Waals surface area contributed by atoms with Crippen molar-refractivity contribution in [3.8, 4) is 0 Å². The van der Waals surface area contributed by atoms with Crippen molar-refractivity contribution in [1.29, 1.82) is 0 Å². The first kappa shape index (κ1) is 11.0. The summed E-state index contributed by atoms with van der Waals surface area (Å²) in [5.74, 6) is 0.448. The largest absolute Gasteiger partial charge is 0.328 e. The minimum atomic E-state index is 0.0121. The lowest BCUT2D eigenvalue weighted by atomic mass is 9.86. The minimum absolute atomic E-state index is 0.0121. The quantitative estimate of drug-likeness (QED) is 0.777. The molecule has 1 amide bonds. The number of aromatic nitrogens is 2. The van der Waals surface area contributed by atoms with Crippen LogP contribution in [-0.4, -0.2) is 21.9 Å². The van der Waals surface area contributed by atoms with Gasteiger partial charge in [0.15, 0.2) is 0 Å². The predicted octanol–water partition coefficient (Wildman–Crippen LogP) is 0.933. The van der Waals surface area contributed by atoms with Crippen LogP contribution in [0, 0.1) is 5.92 Å². The zero-order chi connectivity index (χ0) is 11.4. The van der Waals surface area contributed by atoms with Crippen LogP contribution < -0.4 is 11.1 Å². The zero-order valence-corrected chi connectivity index (χ0v) is 9.10. The second-order valence-electron chi connectivity index (χ2n) is 4.17. The molecule has 1 aromatic rings. The Morgan fingerprint density at radius 2 is 1.88 bits per heavy atom. The molecule has 5 nitrogen and oxygen atoms in total. The Labute approximate surface area is 94.5 Å². The maximum Gasteiger partial charge on any atom is 0.229 e. The van der Waals surface area contributed by atoms with E-state index in [4.69, 9.17) is 5.73 Å². The van der Waals surface area contributed by atoms with Gasteiger partial charge in [-0.3, -0.25) is 10.1 Å². The summed E-state index contributed by atoms with van der Waals surface area (Å²) in [7, 11) is 0. The Kier molecular flexibility index (Phi) is 3.46. The molecule has 0 aromatic carbocycles. The summed E-state index contributed by atoms with van der Waals surface area (Å²) in [6, 6.07) is 1.98. The molecule has 16 heavy (non-hydrogen) atoms. The number of nitrogens with one attached hydrogen (secondary N) is 1. The van der Waals surface area contributed by atoms with E-state index < -0.39 is 0 Å². The van der Waals surface area contributed by atoms with Gasteiger partial charge in [0.05, 0.1) is 0 Å². The van der Waals surface area contributed by atoms with E-state index in [1.807, 2.05) is 0 Å². The number of carbonyl (C=O) groups is 1. The lowest BCUT2D eigenvalue weighted by Crippen LogP contribution is -2.32. The summed E-state index contributed by atoms with van der Waals surface area (Å²) in [5.41, 5.74) is 5.79. The summed E-state index contributed by atoms with van der Waals surface area (Å²) in [4.78, 5) is 19.8. The average molecular weight is 220 g/mol. The number of nitrogens with zero attached hydrogens (tertiary/aromatic N) is 2. The zero-order valence-electron chi connectivity index (χ0n) is 9.10. The summed E-state index contributed by atoms with van der Waals surface area (Å²) in [6.07, 6.45) is 6.79. The van der Waals surface area contributed by atoms with E-state index in [1.165, 1.54) is 0 Å². The van der Waals surface area contributed by atoms with Gasteiger partial charge in [0.25, 0.3) is 0 Å². The fourth-order valence-corrected chi connectivity index (χ4v) is 1.96. The first-order chi connectivity index (χ1) is 7.75. The average Bonchev–Trinajstić information content (AvgIpc) is 2.31. The fraction of sp³-hybridized carbons (Fsp3) is 0.545. The van der Waals surface area contributed by atoms with Gasteiger partial charge < -0.3 is 5.73 Å². The number of amides is 1. The summed E-state index contributed by atoms with van der Waals surface area (Å²) in [5, 5.41) is 2.72. The SMILES string of the molecule is N[C@H]1CC[C@H](C(=O)Nc2ncccn2)CC1. The maximum atomic E-state index is 11.8. The highest BCUT2D eigenvalue weighted by Gasteiger charge is 2.24. The van der Waals surface area contributed by atoms with E-state index in [2.05, 4.69) is 15.3 Å². The third-order valence-corrected chi connectivity index (χ3v) is 2.94. The molecule has 0 radical (unpaired) electrons. The maximum absolute atomic E-state index is 11.8. The van der Waals surface area contributed by atoms with Gasteiger partial charge in [0.2, 0.25) is 11.9 Å². The van der Waals surface area contributed by atoms with Gasteiger partial charge >= 0.3 is 0 Å². The third-order valence-electron chi connectivity index (χ3n) is 2.94. The van der Waals surface area contributed by atoms with Crippen LogP contribution in [0.25, 0.3) is 0 Å². The highest BCUT2D eigenvalue weighted by molar-refractivity contribution is 5.90. The predicted molar refractivity (Wildman–Crippen MR) is 60.6 cm³/mol. The molecule has 1 saturated carbocycles. The van der Waals surface area contributed by atoms with Crippen molar-refractivity contribution in [1.82, 2.24) is 9.97 Å². The molecule has 86 valence electrons. The van der Waals surface area contributed by atoms with Crippen molar-refractivity contribution >= 4 is 11.9 Å². The van der Waals surface area contributed by atoms with E-state index in [9.17, 15) is 4.79 Å². The number of anilines is 1. The molecule has 1 aliphatic rings. The molecule has 0 spiro atoms. The molecule has 1 aliphatic carbocycles. The van der Waals surface area contributed by atoms with Crippen LogP contribution >= 0.6 is 0 Å². The van der Waals surface area contributed by atoms with Gasteiger partial charge in [-0.15, -0.1) is 0 Å². The van der Waals surface area contributed by atoms with E-state index in [-0.39, 0.29) is 17.9 Å². The Morgan fingerprint density at radius 1 is 1.25 bits per heavy atom. The smallest absolute Gasteiger partial charge is 0.229 e. The van der Waals surface area contributed by atoms with Crippen molar-refractivity contribution in [3.05, 3.63) is 18.5 Å². The topological polar surface area (TPSA) is 80.9 Å². The molecule has 1 heterocycles. The number of carbonyl (C=O) groups excluding carboxylic acids is 1. The Morgan fingerprint density at radius 3 is 2.50 bits per heavy atom. The van der Waals surface area contributed by atoms with Crippen LogP contribution in [0.4, 0.5) is 5.95 Å². The van der Waals surface area contributed by atoms with E-state index in [1.54, 1.807) is 18.5 Å². The van der Waals surface area contributed by atoms with Crippen LogP contribution in [0.2, 0.25) is 0 Å². The monoisotopic (exact) mass is 220 g/mol.